The van der Waals surface area contributed by atoms with E-state index in [1.807, 2.05) is 19.1 Å². The van der Waals surface area contributed by atoms with Gasteiger partial charge in [-0.15, -0.1) is 0 Å². The van der Waals surface area contributed by atoms with Gasteiger partial charge < -0.3 is 9.09 Å². The highest BCUT2D eigenvalue weighted by molar-refractivity contribution is 5.86. The lowest BCUT2D eigenvalue weighted by Crippen LogP contribution is -2.29. The van der Waals surface area contributed by atoms with Crippen molar-refractivity contribution in [2.45, 2.75) is 38.8 Å². The van der Waals surface area contributed by atoms with Crippen LogP contribution in [0.2, 0.25) is 0 Å². The van der Waals surface area contributed by atoms with E-state index in [9.17, 15) is 4.39 Å². The Bertz CT molecular complexity index is 918. The second kappa shape index (κ2) is 5.18. The molecule has 3 aromatic rings. The number of aromatic nitrogens is 2. The van der Waals surface area contributed by atoms with Crippen molar-refractivity contribution in [3.05, 3.63) is 52.8 Å². The van der Waals surface area contributed by atoms with Crippen LogP contribution < -0.4 is 0 Å². The maximum absolute atomic E-state index is 13.9. The van der Waals surface area contributed by atoms with Crippen molar-refractivity contribution in [2.75, 3.05) is 13.1 Å². The molecule has 0 radical (unpaired) electrons. The molecule has 2 aromatic heterocycles. The van der Waals surface area contributed by atoms with Gasteiger partial charge in [0.15, 0.2) is 5.76 Å². The lowest BCUT2D eigenvalue weighted by Gasteiger charge is -2.27. The molecular weight excluding hydrogens is 305 g/mol. The number of hydrogen-bond donors (Lipinski definition) is 0. The topological polar surface area (TPSA) is 34.2 Å². The fourth-order valence-corrected chi connectivity index (χ4v) is 4.45. The molecule has 3 aliphatic rings. The van der Waals surface area contributed by atoms with Gasteiger partial charge in [-0.2, -0.15) is 0 Å². The lowest BCUT2D eigenvalue weighted by atomic mass is 9.94. The third-order valence-electron chi connectivity index (χ3n) is 5.52. The lowest BCUT2D eigenvalue weighted by molar-refractivity contribution is 0.219. The Kier molecular flexibility index (Phi) is 3.07. The summed E-state index contributed by atoms with van der Waals surface area (Å²) in [4.78, 5) is 2.50. The summed E-state index contributed by atoms with van der Waals surface area (Å²) in [6.45, 7) is 5.80. The molecule has 0 saturated carbocycles. The first-order valence-corrected chi connectivity index (χ1v) is 8.64. The minimum atomic E-state index is -0.162. The van der Waals surface area contributed by atoms with Crippen LogP contribution in [-0.2, 0) is 13.1 Å². The van der Waals surface area contributed by atoms with E-state index in [4.69, 9.17) is 4.52 Å². The Morgan fingerprint density at radius 3 is 2.83 bits per heavy atom. The zero-order valence-corrected chi connectivity index (χ0v) is 13.8. The Labute approximate surface area is 139 Å². The van der Waals surface area contributed by atoms with Crippen molar-refractivity contribution in [1.29, 1.82) is 0 Å². The van der Waals surface area contributed by atoms with Gasteiger partial charge in [0.2, 0.25) is 0 Å². The molecule has 0 spiro atoms. The molecule has 1 fully saturated rings. The van der Waals surface area contributed by atoms with E-state index >= 15 is 0 Å². The molecule has 1 aromatic carbocycles. The molecule has 0 unspecified atom stereocenters. The van der Waals surface area contributed by atoms with Gasteiger partial charge in [-0.05, 0) is 56.6 Å². The van der Waals surface area contributed by atoms with Gasteiger partial charge in [0, 0.05) is 35.1 Å². The summed E-state index contributed by atoms with van der Waals surface area (Å²) in [5.74, 6) is 1.25. The van der Waals surface area contributed by atoms with E-state index in [0.717, 1.165) is 42.0 Å². The zero-order valence-electron chi connectivity index (χ0n) is 13.8. The van der Waals surface area contributed by atoms with Crippen LogP contribution in [0.15, 0.2) is 28.8 Å². The number of piperidine rings is 1. The molecule has 5 heterocycles. The minimum Gasteiger partial charge on any atom is -0.359 e. The quantitative estimate of drug-likeness (QED) is 0.718. The summed E-state index contributed by atoms with van der Waals surface area (Å²) in [7, 11) is 0. The Balaban J connectivity index is 1.74. The van der Waals surface area contributed by atoms with Crippen molar-refractivity contribution in [3.8, 4) is 0 Å². The van der Waals surface area contributed by atoms with Crippen LogP contribution in [0.5, 0.6) is 0 Å². The third kappa shape index (κ3) is 2.11. The summed E-state index contributed by atoms with van der Waals surface area (Å²) < 4.78 is 21.7. The summed E-state index contributed by atoms with van der Waals surface area (Å²) in [5, 5.41) is 5.07. The maximum Gasteiger partial charge on any atom is 0.156 e. The van der Waals surface area contributed by atoms with E-state index in [-0.39, 0.29) is 5.82 Å². The van der Waals surface area contributed by atoms with Crippen LogP contribution in [-0.4, -0.2) is 27.7 Å². The second-order valence-electron chi connectivity index (χ2n) is 7.10. The van der Waals surface area contributed by atoms with Crippen molar-refractivity contribution >= 4 is 10.9 Å². The van der Waals surface area contributed by atoms with Gasteiger partial charge >= 0.3 is 0 Å². The van der Waals surface area contributed by atoms with Crippen LogP contribution in [0.4, 0.5) is 4.39 Å². The van der Waals surface area contributed by atoms with Crippen molar-refractivity contribution in [2.24, 2.45) is 0 Å². The number of fused-ring (bicyclic) bond motifs is 3. The van der Waals surface area contributed by atoms with Crippen LogP contribution in [0, 0.1) is 12.7 Å². The largest absolute Gasteiger partial charge is 0.359 e. The SMILES string of the molecule is Cc1cc(Cn2c3c(c4cc(F)ccc42)CN2CCC3CC2)on1. The van der Waals surface area contributed by atoms with Gasteiger partial charge in [0.25, 0.3) is 0 Å². The Morgan fingerprint density at radius 2 is 2.08 bits per heavy atom. The predicted octanol–water partition coefficient (Wildman–Crippen LogP) is 3.82. The van der Waals surface area contributed by atoms with Gasteiger partial charge in [-0.1, -0.05) is 5.16 Å². The molecular formula is C19H20FN3O. The average molecular weight is 325 g/mol. The van der Waals surface area contributed by atoms with Gasteiger partial charge in [0.1, 0.15) is 5.82 Å². The smallest absolute Gasteiger partial charge is 0.156 e. The molecule has 24 heavy (non-hydrogen) atoms. The number of rotatable bonds is 2. The monoisotopic (exact) mass is 325 g/mol. The van der Waals surface area contributed by atoms with Crippen LogP contribution in [0.1, 0.15) is 41.5 Å². The maximum atomic E-state index is 13.9. The predicted molar refractivity (Wildman–Crippen MR) is 89.5 cm³/mol. The second-order valence-corrected chi connectivity index (χ2v) is 7.10. The van der Waals surface area contributed by atoms with E-state index in [2.05, 4.69) is 14.6 Å². The van der Waals surface area contributed by atoms with E-state index in [0.29, 0.717) is 12.5 Å². The molecule has 5 heteroatoms. The first kappa shape index (κ1) is 14.2. The molecule has 0 aliphatic carbocycles. The molecule has 3 aliphatic heterocycles. The summed E-state index contributed by atoms with van der Waals surface area (Å²) in [6, 6.07) is 7.15. The van der Waals surface area contributed by atoms with Crippen molar-refractivity contribution in [3.63, 3.8) is 0 Å². The average Bonchev–Trinajstić information content (AvgIpc) is 2.98. The van der Waals surface area contributed by atoms with Crippen LogP contribution >= 0.6 is 0 Å². The van der Waals surface area contributed by atoms with Crippen molar-refractivity contribution in [1.82, 2.24) is 14.6 Å². The van der Waals surface area contributed by atoms with Crippen molar-refractivity contribution < 1.29 is 8.91 Å². The van der Waals surface area contributed by atoms with E-state index in [1.54, 1.807) is 12.1 Å². The molecule has 0 atom stereocenters. The zero-order chi connectivity index (χ0) is 16.3. The summed E-state index contributed by atoms with van der Waals surface area (Å²) in [5.41, 5.74) is 4.68. The minimum absolute atomic E-state index is 0.162. The molecule has 4 nitrogen and oxygen atoms in total. The third-order valence-corrected chi connectivity index (χ3v) is 5.52. The standard InChI is InChI=1S/C19H20FN3O/c1-12-8-15(24-21-12)10-23-18-3-2-14(20)9-16(18)17-11-22-6-4-13(5-7-22)19(17)23/h2-3,8-9,13H,4-7,10-11H2,1H3. The first-order valence-electron chi connectivity index (χ1n) is 8.64. The first-order chi connectivity index (χ1) is 11.7. The number of benzene rings is 1. The van der Waals surface area contributed by atoms with Crippen LogP contribution in [0.25, 0.3) is 10.9 Å². The van der Waals surface area contributed by atoms with Gasteiger partial charge in [-0.25, -0.2) is 4.39 Å². The molecule has 0 N–H and O–H groups in total. The molecule has 1 saturated heterocycles. The highest BCUT2D eigenvalue weighted by atomic mass is 19.1. The molecule has 124 valence electrons. The molecule has 2 bridgehead atoms. The number of halogens is 1. The summed E-state index contributed by atoms with van der Waals surface area (Å²) in [6.07, 6.45) is 2.36. The van der Waals surface area contributed by atoms with Gasteiger partial charge in [0.05, 0.1) is 12.2 Å². The highest BCUT2D eigenvalue weighted by Gasteiger charge is 2.33. The molecule has 0 amide bonds. The normalized spacial score (nSPS) is 22.8. The fourth-order valence-electron chi connectivity index (χ4n) is 4.45. The van der Waals surface area contributed by atoms with Gasteiger partial charge in [-0.3, -0.25) is 4.90 Å². The van der Waals surface area contributed by atoms with E-state index < -0.39 is 0 Å². The Morgan fingerprint density at radius 1 is 1.25 bits per heavy atom. The highest BCUT2D eigenvalue weighted by Crippen LogP contribution is 2.41. The number of nitrogens with zero attached hydrogens (tertiary/aromatic N) is 3. The van der Waals surface area contributed by atoms with Crippen LogP contribution in [0.3, 0.4) is 0 Å². The number of aryl methyl sites for hydroxylation is 1. The number of hydrogen-bond acceptors (Lipinski definition) is 3. The fraction of sp³-hybridized carbons (Fsp3) is 0.421. The summed E-state index contributed by atoms with van der Waals surface area (Å²) >= 11 is 0. The molecule has 6 rings (SSSR count). The van der Waals surface area contributed by atoms with E-state index in [1.165, 1.54) is 24.1 Å². The Hall–Kier alpha value is -2.14.